The standard InChI is InChI=1S/C3H7NO2.ClH/c1-6-3-4-2-5;/h2H,3H2,1H3,(H,4,5);1H. The number of nitrogens with one attached hydrogen (secondary N) is 1. The van der Waals surface area contributed by atoms with Gasteiger partial charge in [-0.2, -0.15) is 0 Å². The maximum absolute atomic E-state index is 9.37. The Morgan fingerprint density at radius 1 is 1.86 bits per heavy atom. The summed E-state index contributed by atoms with van der Waals surface area (Å²) in [4.78, 5) is 9.37. The number of hydrogen-bond donors (Lipinski definition) is 1. The van der Waals surface area contributed by atoms with Crippen molar-refractivity contribution in [2.24, 2.45) is 0 Å². The first-order valence-electron chi connectivity index (χ1n) is 1.57. The summed E-state index contributed by atoms with van der Waals surface area (Å²) in [5.74, 6) is 0. The van der Waals surface area contributed by atoms with Gasteiger partial charge in [0.15, 0.2) is 0 Å². The van der Waals surface area contributed by atoms with E-state index >= 15 is 0 Å². The molecule has 0 aromatic heterocycles. The summed E-state index contributed by atoms with van der Waals surface area (Å²) in [7, 11) is 1.51. The Morgan fingerprint density at radius 3 is 2.57 bits per heavy atom. The van der Waals surface area contributed by atoms with Gasteiger partial charge in [0.2, 0.25) is 6.41 Å². The molecule has 0 aliphatic rings. The molecule has 0 saturated heterocycles. The van der Waals surface area contributed by atoms with Crippen LogP contribution in [0.2, 0.25) is 0 Å². The van der Waals surface area contributed by atoms with E-state index in [-0.39, 0.29) is 12.4 Å². The summed E-state index contributed by atoms with van der Waals surface area (Å²) in [6, 6.07) is 0. The molecule has 0 fully saturated rings. The largest absolute Gasteiger partial charge is 0.365 e. The minimum absolute atomic E-state index is 0. The van der Waals surface area contributed by atoms with Crippen LogP contribution >= 0.6 is 12.4 Å². The van der Waals surface area contributed by atoms with E-state index in [0.717, 1.165) is 0 Å². The zero-order valence-corrected chi connectivity index (χ0v) is 4.83. The van der Waals surface area contributed by atoms with Crippen molar-refractivity contribution in [3.05, 3.63) is 0 Å². The second-order valence-electron chi connectivity index (χ2n) is 0.755. The molecular weight excluding hydrogens is 117 g/mol. The summed E-state index contributed by atoms with van der Waals surface area (Å²) in [5.41, 5.74) is 0. The first-order valence-corrected chi connectivity index (χ1v) is 1.57. The Labute approximate surface area is 48.4 Å². The SMILES string of the molecule is COCNC=O.Cl. The molecule has 44 valence electrons. The smallest absolute Gasteiger partial charge is 0.208 e. The molecule has 4 heteroatoms. The van der Waals surface area contributed by atoms with E-state index in [2.05, 4.69) is 10.1 Å². The van der Waals surface area contributed by atoms with Crippen molar-refractivity contribution in [2.45, 2.75) is 0 Å². The van der Waals surface area contributed by atoms with Crippen molar-refractivity contribution >= 4 is 18.8 Å². The molecule has 1 N–H and O–H groups in total. The molecule has 0 aromatic carbocycles. The minimum atomic E-state index is 0. The van der Waals surface area contributed by atoms with Crippen LogP contribution in [0.5, 0.6) is 0 Å². The van der Waals surface area contributed by atoms with Crippen molar-refractivity contribution in [3.8, 4) is 0 Å². The van der Waals surface area contributed by atoms with Gasteiger partial charge in [-0.25, -0.2) is 0 Å². The molecule has 1 amide bonds. The molecule has 3 nitrogen and oxygen atoms in total. The highest BCUT2D eigenvalue weighted by atomic mass is 35.5. The fourth-order valence-corrected chi connectivity index (χ4v) is 0.117. The Balaban J connectivity index is 0. The van der Waals surface area contributed by atoms with Gasteiger partial charge in [-0.15, -0.1) is 12.4 Å². The molecule has 0 rings (SSSR count). The van der Waals surface area contributed by atoms with Crippen LogP contribution in [0.4, 0.5) is 0 Å². The van der Waals surface area contributed by atoms with Crippen LogP contribution in [0.3, 0.4) is 0 Å². The average molecular weight is 126 g/mol. The molecule has 0 bridgehead atoms. The third kappa shape index (κ3) is 10.7. The molecule has 0 heterocycles. The van der Waals surface area contributed by atoms with E-state index in [1.54, 1.807) is 0 Å². The topological polar surface area (TPSA) is 38.3 Å². The molecule has 0 unspecified atom stereocenters. The Morgan fingerprint density at radius 2 is 2.43 bits per heavy atom. The molecule has 0 saturated carbocycles. The van der Waals surface area contributed by atoms with Gasteiger partial charge in [-0.05, 0) is 0 Å². The Kier molecular flexibility index (Phi) is 13.0. The molecule has 0 aliphatic carbocycles. The molecule has 0 atom stereocenters. The normalized spacial score (nSPS) is 6.43. The van der Waals surface area contributed by atoms with Crippen molar-refractivity contribution in [1.82, 2.24) is 5.32 Å². The number of hydrogen-bond acceptors (Lipinski definition) is 2. The van der Waals surface area contributed by atoms with Crippen LogP contribution in [0.1, 0.15) is 0 Å². The fourth-order valence-electron chi connectivity index (χ4n) is 0.117. The van der Waals surface area contributed by atoms with Gasteiger partial charge in [-0.1, -0.05) is 0 Å². The van der Waals surface area contributed by atoms with Crippen molar-refractivity contribution < 1.29 is 9.53 Å². The predicted octanol–water partition coefficient (Wildman–Crippen LogP) is -0.242. The zero-order valence-electron chi connectivity index (χ0n) is 4.01. The summed E-state index contributed by atoms with van der Waals surface area (Å²) < 4.78 is 4.44. The zero-order chi connectivity index (χ0) is 4.83. The highest BCUT2D eigenvalue weighted by molar-refractivity contribution is 5.85. The van der Waals surface area contributed by atoms with E-state index in [1.165, 1.54) is 7.11 Å². The lowest BCUT2D eigenvalue weighted by Crippen LogP contribution is -2.12. The number of carbonyl (C=O) groups excluding carboxylic acids is 1. The van der Waals surface area contributed by atoms with Gasteiger partial charge >= 0.3 is 0 Å². The van der Waals surface area contributed by atoms with Crippen LogP contribution in [0.15, 0.2) is 0 Å². The highest BCUT2D eigenvalue weighted by Crippen LogP contribution is 1.49. The monoisotopic (exact) mass is 125 g/mol. The maximum Gasteiger partial charge on any atom is 0.208 e. The first kappa shape index (κ1) is 9.87. The highest BCUT2D eigenvalue weighted by Gasteiger charge is 1.67. The van der Waals surface area contributed by atoms with Gasteiger partial charge in [0, 0.05) is 7.11 Å². The van der Waals surface area contributed by atoms with Crippen molar-refractivity contribution in [1.29, 1.82) is 0 Å². The lowest BCUT2D eigenvalue weighted by molar-refractivity contribution is -0.110. The maximum atomic E-state index is 9.37. The number of carbonyl (C=O) groups is 1. The minimum Gasteiger partial charge on any atom is -0.365 e. The molecule has 0 aromatic rings. The third-order valence-electron chi connectivity index (χ3n) is 0.311. The van der Waals surface area contributed by atoms with Gasteiger partial charge in [-0.3, -0.25) is 4.79 Å². The Bertz CT molecular complexity index is 41.9. The number of ether oxygens (including phenoxy) is 1. The lowest BCUT2D eigenvalue weighted by Gasteiger charge is -1.89. The second-order valence-corrected chi connectivity index (χ2v) is 0.755. The molecular formula is C3H8ClNO2. The number of halogens is 1. The lowest BCUT2D eigenvalue weighted by atomic mass is 11.1. The van der Waals surface area contributed by atoms with Crippen LogP contribution in [0, 0.1) is 0 Å². The molecule has 0 aliphatic heterocycles. The number of methoxy groups -OCH3 is 1. The molecule has 0 spiro atoms. The van der Waals surface area contributed by atoms with Gasteiger partial charge in [0.05, 0.1) is 0 Å². The van der Waals surface area contributed by atoms with E-state index in [0.29, 0.717) is 13.1 Å². The van der Waals surface area contributed by atoms with Crippen molar-refractivity contribution in [3.63, 3.8) is 0 Å². The van der Waals surface area contributed by atoms with Crippen LogP contribution in [-0.2, 0) is 9.53 Å². The van der Waals surface area contributed by atoms with E-state index in [1.807, 2.05) is 0 Å². The van der Waals surface area contributed by atoms with Gasteiger partial charge < -0.3 is 10.1 Å². The Hall–Kier alpha value is -0.280. The summed E-state index contributed by atoms with van der Waals surface area (Å²) in [5, 5.41) is 2.30. The van der Waals surface area contributed by atoms with Crippen molar-refractivity contribution in [2.75, 3.05) is 13.8 Å². The van der Waals surface area contributed by atoms with Crippen LogP contribution < -0.4 is 5.32 Å². The van der Waals surface area contributed by atoms with Gasteiger partial charge in [0.1, 0.15) is 6.73 Å². The summed E-state index contributed by atoms with van der Waals surface area (Å²) in [6.07, 6.45) is 0.587. The fraction of sp³-hybridized carbons (Fsp3) is 0.667. The van der Waals surface area contributed by atoms with E-state index in [9.17, 15) is 4.79 Å². The average Bonchev–Trinajstić information content (AvgIpc) is 1.61. The number of amides is 1. The molecule has 7 heavy (non-hydrogen) atoms. The first-order chi connectivity index (χ1) is 2.91. The van der Waals surface area contributed by atoms with Crippen LogP contribution in [0.25, 0.3) is 0 Å². The quantitative estimate of drug-likeness (QED) is 0.321. The molecule has 0 radical (unpaired) electrons. The third-order valence-corrected chi connectivity index (χ3v) is 0.311. The predicted molar refractivity (Wildman–Crippen MR) is 28.3 cm³/mol. The second kappa shape index (κ2) is 9.21. The van der Waals surface area contributed by atoms with Gasteiger partial charge in [0.25, 0.3) is 0 Å². The summed E-state index contributed by atoms with van der Waals surface area (Å²) >= 11 is 0. The van der Waals surface area contributed by atoms with E-state index in [4.69, 9.17) is 0 Å². The van der Waals surface area contributed by atoms with Crippen LogP contribution in [-0.4, -0.2) is 20.3 Å². The number of rotatable bonds is 3. The summed E-state index contributed by atoms with van der Waals surface area (Å²) in [6.45, 7) is 0.295. The van der Waals surface area contributed by atoms with E-state index < -0.39 is 0 Å².